The van der Waals surface area contributed by atoms with Crippen LogP contribution >= 0.6 is 22.6 Å². The van der Waals surface area contributed by atoms with Crippen LogP contribution in [0, 0.1) is 3.57 Å². The Morgan fingerprint density at radius 1 is 0.941 bits per heavy atom. The van der Waals surface area contributed by atoms with E-state index in [0.29, 0.717) is 0 Å². The van der Waals surface area contributed by atoms with E-state index in [2.05, 4.69) is 22.6 Å². The minimum atomic E-state index is 0.283. The molecule has 0 aliphatic heterocycles. The molecule has 0 aliphatic carbocycles. The van der Waals surface area contributed by atoms with Gasteiger partial charge in [0, 0.05) is 9.65 Å². The normalized spacial score (nSPS) is 10.6. The van der Waals surface area contributed by atoms with Crippen LogP contribution < -0.4 is 0 Å². The van der Waals surface area contributed by atoms with Crippen molar-refractivity contribution in [2.45, 2.75) is 0 Å². The largest absolute Gasteiger partial charge is 0.347 e. The second-order valence-corrected chi connectivity index (χ2v) is 4.88. The Kier molecular flexibility index (Phi) is 4.09. The van der Waals surface area contributed by atoms with Crippen LogP contribution in [0.4, 0.5) is 0 Å². The van der Waals surface area contributed by atoms with Crippen LogP contribution in [0.15, 0.2) is 60.7 Å². The summed E-state index contributed by atoms with van der Waals surface area (Å²) in [5.74, 6) is 0.283. The molecular formula is C15H12IO+. The Labute approximate surface area is 114 Å². The van der Waals surface area contributed by atoms with E-state index in [1.54, 1.807) is 6.08 Å². The van der Waals surface area contributed by atoms with Gasteiger partial charge in [0.05, 0.1) is 5.56 Å². The number of halogens is 1. The summed E-state index contributed by atoms with van der Waals surface area (Å²) in [5.41, 5.74) is 1.90. The summed E-state index contributed by atoms with van der Waals surface area (Å²) in [6, 6.07) is 17.7. The Bertz CT molecular complexity index is 527. The lowest BCUT2D eigenvalue weighted by Gasteiger charge is -1.92. The summed E-state index contributed by atoms with van der Waals surface area (Å²) >= 11 is 2.24. The van der Waals surface area contributed by atoms with Crippen LogP contribution in [0.5, 0.6) is 0 Å². The minimum absolute atomic E-state index is 0.283. The molecule has 1 nitrogen and oxygen atoms in total. The molecule has 2 aromatic rings. The highest BCUT2D eigenvalue weighted by Crippen LogP contribution is 2.08. The van der Waals surface area contributed by atoms with E-state index < -0.39 is 0 Å². The Hall–Kier alpha value is -1.42. The summed E-state index contributed by atoms with van der Waals surface area (Å²) < 4.78 is 1.16. The van der Waals surface area contributed by atoms with Crippen LogP contribution in [0.3, 0.4) is 0 Å². The summed E-state index contributed by atoms with van der Waals surface area (Å²) in [4.78, 5) is 9.90. The fourth-order valence-corrected chi connectivity index (χ4v) is 1.82. The van der Waals surface area contributed by atoms with Crippen LogP contribution in [0.1, 0.15) is 11.1 Å². The summed E-state index contributed by atoms with van der Waals surface area (Å²) in [5, 5.41) is 0. The second-order valence-electron chi connectivity index (χ2n) is 3.64. The molecule has 0 spiro atoms. The highest BCUT2D eigenvalue weighted by Gasteiger charge is 2.06. The maximum absolute atomic E-state index is 9.90. The molecule has 2 rings (SSSR count). The molecule has 0 aliphatic rings. The molecule has 0 saturated heterocycles. The van der Waals surface area contributed by atoms with Crippen LogP contribution in [-0.4, -0.2) is 10.6 Å². The molecule has 17 heavy (non-hydrogen) atoms. The first-order chi connectivity index (χ1) is 8.25. The number of rotatable bonds is 3. The zero-order chi connectivity index (χ0) is 12.1. The SMILES string of the molecule is [OH+]=C(/C=C/c1ccccc1)c1ccc(I)cc1. The fourth-order valence-electron chi connectivity index (χ4n) is 1.46. The van der Waals surface area contributed by atoms with Crippen molar-refractivity contribution in [3.8, 4) is 0 Å². The lowest BCUT2D eigenvalue weighted by molar-refractivity contribution is 0.682. The van der Waals surface area contributed by atoms with E-state index in [0.717, 1.165) is 14.7 Å². The molecule has 0 fully saturated rings. The molecule has 2 aromatic carbocycles. The van der Waals surface area contributed by atoms with Gasteiger partial charge in [-0.25, -0.2) is 0 Å². The molecule has 0 saturated carbocycles. The third-order valence-electron chi connectivity index (χ3n) is 2.37. The molecular weight excluding hydrogens is 323 g/mol. The average Bonchev–Trinajstić information content (AvgIpc) is 2.38. The van der Waals surface area contributed by atoms with Crippen molar-refractivity contribution in [1.29, 1.82) is 0 Å². The van der Waals surface area contributed by atoms with E-state index >= 15 is 0 Å². The van der Waals surface area contributed by atoms with E-state index in [4.69, 9.17) is 0 Å². The zero-order valence-electron chi connectivity index (χ0n) is 9.18. The third kappa shape index (κ3) is 3.53. The first-order valence-electron chi connectivity index (χ1n) is 5.31. The first kappa shape index (κ1) is 12.0. The molecule has 0 atom stereocenters. The van der Waals surface area contributed by atoms with Crippen molar-refractivity contribution in [3.05, 3.63) is 75.4 Å². The van der Waals surface area contributed by atoms with Gasteiger partial charge >= 0.3 is 5.78 Å². The molecule has 84 valence electrons. The molecule has 0 amide bonds. The second kappa shape index (κ2) is 5.77. The zero-order valence-corrected chi connectivity index (χ0v) is 11.3. The van der Waals surface area contributed by atoms with E-state index in [1.807, 2.05) is 60.7 Å². The van der Waals surface area contributed by atoms with Gasteiger partial charge in [-0.05, 0) is 58.5 Å². The number of carbonyl (C=O) groups excluding carboxylic acids is 1. The van der Waals surface area contributed by atoms with Crippen molar-refractivity contribution in [1.82, 2.24) is 0 Å². The number of ketones is 1. The molecule has 0 aromatic heterocycles. The standard InChI is InChI=1S/C15H11IO/c16-14-9-7-13(8-10-14)15(17)11-6-12-4-2-1-3-5-12/h1-11H/p+1/b11-6+. The van der Waals surface area contributed by atoms with Gasteiger partial charge in [0.25, 0.3) is 0 Å². The Morgan fingerprint density at radius 3 is 2.24 bits per heavy atom. The van der Waals surface area contributed by atoms with Gasteiger partial charge in [0.1, 0.15) is 0 Å². The maximum atomic E-state index is 9.90. The van der Waals surface area contributed by atoms with Gasteiger partial charge in [-0.15, -0.1) is 0 Å². The number of benzene rings is 2. The van der Waals surface area contributed by atoms with Crippen molar-refractivity contribution in [3.63, 3.8) is 0 Å². The number of allylic oxidation sites excluding steroid dienone is 1. The Morgan fingerprint density at radius 2 is 1.59 bits per heavy atom. The van der Waals surface area contributed by atoms with E-state index in [1.165, 1.54) is 0 Å². The molecule has 1 N–H and O–H groups in total. The lowest BCUT2D eigenvalue weighted by atomic mass is 10.1. The van der Waals surface area contributed by atoms with Crippen molar-refractivity contribution < 1.29 is 4.79 Å². The first-order valence-corrected chi connectivity index (χ1v) is 6.38. The quantitative estimate of drug-likeness (QED) is 0.351. The molecule has 0 bridgehead atoms. The van der Waals surface area contributed by atoms with E-state index in [-0.39, 0.29) is 5.78 Å². The van der Waals surface area contributed by atoms with Gasteiger partial charge in [-0.2, -0.15) is 0 Å². The molecule has 0 heterocycles. The molecule has 2 heteroatoms. The van der Waals surface area contributed by atoms with Gasteiger partial charge in [-0.3, -0.25) is 4.79 Å². The highest BCUT2D eigenvalue weighted by atomic mass is 127. The Balaban J connectivity index is 2.12. The molecule has 0 radical (unpaired) electrons. The van der Waals surface area contributed by atoms with E-state index in [9.17, 15) is 4.79 Å². The van der Waals surface area contributed by atoms with Gasteiger partial charge < -0.3 is 0 Å². The fraction of sp³-hybridized carbons (Fsp3) is 0. The van der Waals surface area contributed by atoms with Gasteiger partial charge in [0.2, 0.25) is 0 Å². The van der Waals surface area contributed by atoms with Crippen molar-refractivity contribution in [2.75, 3.05) is 0 Å². The predicted octanol–water partition coefficient (Wildman–Crippen LogP) is 3.90. The topological polar surface area (TPSA) is 21.4 Å². The van der Waals surface area contributed by atoms with Crippen molar-refractivity contribution in [2.24, 2.45) is 0 Å². The number of hydrogen-bond acceptors (Lipinski definition) is 0. The predicted molar refractivity (Wildman–Crippen MR) is 80.7 cm³/mol. The van der Waals surface area contributed by atoms with Gasteiger partial charge in [0.15, 0.2) is 0 Å². The minimum Gasteiger partial charge on any atom is -0.273 e. The highest BCUT2D eigenvalue weighted by molar-refractivity contribution is 14.1. The number of hydrogen-bond donors (Lipinski definition) is 0. The summed E-state index contributed by atoms with van der Waals surface area (Å²) in [7, 11) is 0. The van der Waals surface area contributed by atoms with Crippen LogP contribution in [0.2, 0.25) is 0 Å². The molecule has 0 unspecified atom stereocenters. The monoisotopic (exact) mass is 335 g/mol. The van der Waals surface area contributed by atoms with Crippen LogP contribution in [0.25, 0.3) is 6.08 Å². The van der Waals surface area contributed by atoms with Gasteiger partial charge in [-0.1, -0.05) is 30.3 Å². The third-order valence-corrected chi connectivity index (χ3v) is 3.09. The average molecular weight is 335 g/mol. The summed E-state index contributed by atoms with van der Waals surface area (Å²) in [6.07, 6.45) is 3.62. The summed E-state index contributed by atoms with van der Waals surface area (Å²) in [6.45, 7) is 0. The lowest BCUT2D eigenvalue weighted by Crippen LogP contribution is -1.95. The van der Waals surface area contributed by atoms with Crippen molar-refractivity contribution >= 4 is 34.5 Å². The smallest absolute Gasteiger partial charge is 0.273 e. The van der Waals surface area contributed by atoms with Crippen LogP contribution in [-0.2, 0) is 0 Å². The maximum Gasteiger partial charge on any atom is 0.347 e.